The summed E-state index contributed by atoms with van der Waals surface area (Å²) in [6.45, 7) is 2.95. The maximum absolute atomic E-state index is 12.6. The normalized spacial score (nSPS) is 15.4. The molecule has 1 aliphatic rings. The van der Waals surface area contributed by atoms with Crippen molar-refractivity contribution >= 4 is 47.0 Å². The van der Waals surface area contributed by atoms with Gasteiger partial charge in [-0.2, -0.15) is 13.2 Å². The maximum atomic E-state index is 12.6. The highest BCUT2D eigenvalue weighted by atomic mass is 127. The molecule has 0 aliphatic carbocycles. The van der Waals surface area contributed by atoms with E-state index in [-0.39, 0.29) is 36.3 Å². The molecular weight excluding hydrogens is 506 g/mol. The fourth-order valence-corrected chi connectivity index (χ4v) is 3.64. The van der Waals surface area contributed by atoms with Gasteiger partial charge in [0.1, 0.15) is 10.8 Å². The molecule has 0 unspecified atom stereocenters. The number of aromatic hydroxyl groups is 1. The average Bonchev–Trinajstić information content (AvgIpc) is 3.13. The zero-order valence-electron chi connectivity index (χ0n) is 15.1. The van der Waals surface area contributed by atoms with E-state index in [2.05, 4.69) is 20.2 Å². The number of alkyl halides is 3. The highest BCUT2D eigenvalue weighted by molar-refractivity contribution is 14.0. The first kappa shape index (κ1) is 22.5. The van der Waals surface area contributed by atoms with Crippen LogP contribution >= 0.6 is 35.3 Å². The Morgan fingerprint density at radius 2 is 1.93 bits per heavy atom. The van der Waals surface area contributed by atoms with Crippen molar-refractivity contribution in [3.05, 3.63) is 40.3 Å². The summed E-state index contributed by atoms with van der Waals surface area (Å²) in [7, 11) is 1.64. The van der Waals surface area contributed by atoms with Gasteiger partial charge in [0, 0.05) is 38.6 Å². The predicted octanol–water partition coefficient (Wildman–Crippen LogP) is 3.38. The van der Waals surface area contributed by atoms with Crippen molar-refractivity contribution in [3.8, 4) is 5.75 Å². The van der Waals surface area contributed by atoms with E-state index in [1.54, 1.807) is 19.2 Å². The second-order valence-corrected chi connectivity index (χ2v) is 6.93. The smallest absolute Gasteiger partial charge is 0.434 e. The number of aliphatic imine (C=N–C) groups is 1. The van der Waals surface area contributed by atoms with Crippen LogP contribution in [0, 0.1) is 0 Å². The van der Waals surface area contributed by atoms with E-state index >= 15 is 0 Å². The third kappa shape index (κ3) is 5.40. The minimum Gasteiger partial charge on any atom is -0.506 e. The topological polar surface area (TPSA) is 64.0 Å². The molecule has 1 saturated heterocycles. The minimum absolute atomic E-state index is 0. The maximum Gasteiger partial charge on any atom is 0.434 e. The molecule has 2 heterocycles. The van der Waals surface area contributed by atoms with E-state index in [0.717, 1.165) is 22.4 Å². The summed E-state index contributed by atoms with van der Waals surface area (Å²) in [6.07, 6.45) is -4.42. The number of hydrogen-bond donors (Lipinski definition) is 2. The van der Waals surface area contributed by atoms with Crippen LogP contribution in [0.15, 0.2) is 34.6 Å². The number of guanidine groups is 1. The van der Waals surface area contributed by atoms with E-state index in [4.69, 9.17) is 0 Å². The fraction of sp³-hybridized carbons (Fsp3) is 0.412. The van der Waals surface area contributed by atoms with Gasteiger partial charge in [-0.05, 0) is 12.1 Å². The summed E-state index contributed by atoms with van der Waals surface area (Å²) >= 11 is 0.972. The van der Waals surface area contributed by atoms with Gasteiger partial charge in [0.15, 0.2) is 11.7 Å². The Balaban J connectivity index is 0.00000280. The van der Waals surface area contributed by atoms with Gasteiger partial charge >= 0.3 is 6.18 Å². The zero-order chi connectivity index (χ0) is 19.4. The van der Waals surface area contributed by atoms with E-state index in [0.29, 0.717) is 37.1 Å². The molecule has 2 aromatic rings. The number of aromatic nitrogens is 1. The molecule has 0 saturated carbocycles. The molecule has 1 aliphatic heterocycles. The van der Waals surface area contributed by atoms with Crippen molar-refractivity contribution in [2.24, 2.45) is 4.99 Å². The lowest BCUT2D eigenvalue weighted by Crippen LogP contribution is -2.52. The Bertz CT molecular complexity index is 806. The van der Waals surface area contributed by atoms with E-state index in [1.807, 2.05) is 17.0 Å². The lowest BCUT2D eigenvalue weighted by molar-refractivity contribution is -0.140. The molecule has 0 bridgehead atoms. The SMILES string of the molecule is CN=C(NCc1nc(C(F)(F)F)cs1)N1CCN(c2ccccc2O)CC1.I. The monoisotopic (exact) mass is 527 g/mol. The Hall–Kier alpha value is -1.76. The van der Waals surface area contributed by atoms with Crippen molar-refractivity contribution in [2.75, 3.05) is 38.1 Å². The second kappa shape index (κ2) is 9.63. The number of rotatable bonds is 3. The number of piperazine rings is 1. The number of phenols is 1. The van der Waals surface area contributed by atoms with Crippen molar-refractivity contribution < 1.29 is 18.3 Å². The molecule has 6 nitrogen and oxygen atoms in total. The Morgan fingerprint density at radius 3 is 2.50 bits per heavy atom. The van der Waals surface area contributed by atoms with Crippen LogP contribution in [-0.2, 0) is 12.7 Å². The number of anilines is 1. The minimum atomic E-state index is -4.42. The van der Waals surface area contributed by atoms with Gasteiger partial charge in [0.25, 0.3) is 0 Å². The zero-order valence-corrected chi connectivity index (χ0v) is 18.3. The van der Waals surface area contributed by atoms with Crippen LogP contribution in [0.25, 0.3) is 0 Å². The van der Waals surface area contributed by atoms with Crippen LogP contribution < -0.4 is 10.2 Å². The Labute approximate surface area is 182 Å². The third-order valence-electron chi connectivity index (χ3n) is 4.25. The first-order valence-corrected chi connectivity index (χ1v) is 9.26. The quantitative estimate of drug-likeness (QED) is 0.364. The summed E-state index contributed by atoms with van der Waals surface area (Å²) in [5, 5.41) is 14.4. The van der Waals surface area contributed by atoms with E-state index in [1.165, 1.54) is 0 Å². The van der Waals surface area contributed by atoms with Crippen LogP contribution in [-0.4, -0.2) is 54.2 Å². The van der Waals surface area contributed by atoms with Crippen LogP contribution in [0.1, 0.15) is 10.7 Å². The summed E-state index contributed by atoms with van der Waals surface area (Å²) in [4.78, 5) is 12.0. The number of phenolic OH excluding ortho intramolecular Hbond substituents is 1. The number of nitrogens with zero attached hydrogens (tertiary/aromatic N) is 4. The van der Waals surface area contributed by atoms with E-state index < -0.39 is 11.9 Å². The van der Waals surface area contributed by atoms with Crippen LogP contribution in [0.4, 0.5) is 18.9 Å². The standard InChI is InChI=1S/C17H20F3N5OS.HI/c1-21-16(22-10-15-23-14(11-27-15)17(18,19)20)25-8-6-24(7-9-25)12-4-2-3-5-13(12)26;/h2-5,11,26H,6-10H2,1H3,(H,21,22);1H. The van der Waals surface area contributed by atoms with Gasteiger partial charge in [-0.1, -0.05) is 12.1 Å². The van der Waals surface area contributed by atoms with Crippen LogP contribution in [0.2, 0.25) is 0 Å². The number of benzene rings is 1. The summed E-state index contributed by atoms with van der Waals surface area (Å²) in [6, 6.07) is 7.19. The van der Waals surface area contributed by atoms with E-state index in [9.17, 15) is 18.3 Å². The molecular formula is C17H21F3IN5OS. The first-order chi connectivity index (χ1) is 12.9. The molecule has 0 spiro atoms. The molecule has 2 N–H and O–H groups in total. The molecule has 0 atom stereocenters. The van der Waals surface area contributed by atoms with Gasteiger partial charge in [0.2, 0.25) is 0 Å². The van der Waals surface area contributed by atoms with Gasteiger partial charge in [-0.15, -0.1) is 35.3 Å². The number of halogens is 4. The summed E-state index contributed by atoms with van der Waals surface area (Å²) < 4.78 is 37.9. The Kier molecular flexibility index (Phi) is 7.75. The number of para-hydroxylation sites is 2. The van der Waals surface area contributed by atoms with Gasteiger partial charge in [-0.25, -0.2) is 4.98 Å². The molecule has 0 radical (unpaired) electrons. The highest BCUT2D eigenvalue weighted by Gasteiger charge is 2.33. The highest BCUT2D eigenvalue weighted by Crippen LogP contribution is 2.30. The molecule has 1 aromatic carbocycles. The average molecular weight is 527 g/mol. The predicted molar refractivity (Wildman–Crippen MR) is 115 cm³/mol. The van der Waals surface area contributed by atoms with Gasteiger partial charge in [-0.3, -0.25) is 4.99 Å². The largest absolute Gasteiger partial charge is 0.506 e. The Morgan fingerprint density at radius 1 is 1.25 bits per heavy atom. The van der Waals surface area contributed by atoms with Crippen LogP contribution in [0.3, 0.4) is 0 Å². The van der Waals surface area contributed by atoms with Crippen molar-refractivity contribution in [3.63, 3.8) is 0 Å². The van der Waals surface area contributed by atoms with Crippen molar-refractivity contribution in [1.29, 1.82) is 0 Å². The molecule has 154 valence electrons. The van der Waals surface area contributed by atoms with Gasteiger partial charge in [0.05, 0.1) is 12.2 Å². The lowest BCUT2D eigenvalue weighted by atomic mass is 10.2. The molecule has 11 heteroatoms. The van der Waals surface area contributed by atoms with Crippen molar-refractivity contribution in [2.45, 2.75) is 12.7 Å². The van der Waals surface area contributed by atoms with Crippen LogP contribution in [0.5, 0.6) is 5.75 Å². The summed E-state index contributed by atoms with van der Waals surface area (Å²) in [5.41, 5.74) is -0.0712. The number of nitrogens with one attached hydrogen (secondary N) is 1. The first-order valence-electron chi connectivity index (χ1n) is 8.38. The summed E-state index contributed by atoms with van der Waals surface area (Å²) in [5.74, 6) is 0.869. The molecule has 0 amide bonds. The number of hydrogen-bond acceptors (Lipinski definition) is 5. The lowest BCUT2D eigenvalue weighted by Gasteiger charge is -2.37. The molecule has 1 fully saturated rings. The van der Waals surface area contributed by atoms with Crippen molar-refractivity contribution in [1.82, 2.24) is 15.2 Å². The second-order valence-electron chi connectivity index (χ2n) is 5.99. The number of thiazole rings is 1. The molecule has 28 heavy (non-hydrogen) atoms. The molecule has 1 aromatic heterocycles. The fourth-order valence-electron chi connectivity index (χ4n) is 2.90. The molecule has 3 rings (SSSR count). The third-order valence-corrected chi connectivity index (χ3v) is 5.10. The van der Waals surface area contributed by atoms with Gasteiger partial charge < -0.3 is 20.2 Å².